The molecule has 0 saturated carbocycles. The van der Waals surface area contributed by atoms with Gasteiger partial charge in [-0.2, -0.15) is 5.10 Å². The number of phenols is 1. The van der Waals surface area contributed by atoms with E-state index in [1.165, 1.54) is 20.4 Å². The standard InChI is InChI=1S/C16H14Br2N2O4/c1-23-13-4-3-9(6-14(13)24-2)16(22)20-19-8-10-5-11(17)7-12(18)15(10)21/h3-8,21H,1-2H3,(H,20,22)/b19-8+. The smallest absolute Gasteiger partial charge is 0.271 e. The fourth-order valence-electron chi connectivity index (χ4n) is 1.89. The molecular formula is C16H14Br2N2O4. The average molecular weight is 458 g/mol. The lowest BCUT2D eigenvalue weighted by Gasteiger charge is -2.08. The minimum Gasteiger partial charge on any atom is -0.506 e. The van der Waals surface area contributed by atoms with Crippen LogP contribution in [0.4, 0.5) is 0 Å². The Kier molecular flexibility index (Phi) is 6.22. The predicted molar refractivity (Wildman–Crippen MR) is 98.1 cm³/mol. The van der Waals surface area contributed by atoms with Gasteiger partial charge in [-0.1, -0.05) is 15.9 Å². The summed E-state index contributed by atoms with van der Waals surface area (Å²) in [5, 5.41) is 13.8. The number of benzene rings is 2. The van der Waals surface area contributed by atoms with Gasteiger partial charge >= 0.3 is 0 Å². The van der Waals surface area contributed by atoms with E-state index in [1.807, 2.05) is 0 Å². The van der Waals surface area contributed by atoms with Crippen LogP contribution in [0.3, 0.4) is 0 Å². The van der Waals surface area contributed by atoms with Crippen LogP contribution >= 0.6 is 31.9 Å². The van der Waals surface area contributed by atoms with Gasteiger partial charge < -0.3 is 14.6 Å². The highest BCUT2D eigenvalue weighted by Crippen LogP contribution is 2.30. The molecule has 0 fully saturated rings. The van der Waals surface area contributed by atoms with Crippen LogP contribution in [0.1, 0.15) is 15.9 Å². The minimum atomic E-state index is -0.416. The maximum Gasteiger partial charge on any atom is 0.271 e. The van der Waals surface area contributed by atoms with Crippen LogP contribution in [0.15, 0.2) is 44.4 Å². The molecule has 2 aromatic rings. The summed E-state index contributed by atoms with van der Waals surface area (Å²) < 4.78 is 11.6. The van der Waals surface area contributed by atoms with Gasteiger partial charge in [0.1, 0.15) is 5.75 Å². The van der Waals surface area contributed by atoms with E-state index in [-0.39, 0.29) is 5.75 Å². The molecule has 2 aromatic carbocycles. The summed E-state index contributed by atoms with van der Waals surface area (Å²) >= 11 is 6.55. The number of nitrogens with one attached hydrogen (secondary N) is 1. The molecule has 126 valence electrons. The van der Waals surface area contributed by atoms with Gasteiger partial charge in [0.05, 0.1) is 24.9 Å². The maximum atomic E-state index is 12.1. The molecule has 0 spiro atoms. The largest absolute Gasteiger partial charge is 0.506 e. The normalized spacial score (nSPS) is 10.7. The van der Waals surface area contributed by atoms with Crippen LogP contribution in [0.5, 0.6) is 17.2 Å². The van der Waals surface area contributed by atoms with E-state index in [1.54, 1.807) is 30.3 Å². The van der Waals surface area contributed by atoms with Crippen LogP contribution in [0.25, 0.3) is 0 Å². The third-order valence-corrected chi connectivity index (χ3v) is 4.14. The second-order valence-electron chi connectivity index (χ2n) is 4.59. The van der Waals surface area contributed by atoms with E-state index in [4.69, 9.17) is 9.47 Å². The van der Waals surface area contributed by atoms with Crippen molar-refractivity contribution in [2.24, 2.45) is 5.10 Å². The van der Waals surface area contributed by atoms with Crippen LogP contribution in [-0.2, 0) is 0 Å². The number of carbonyl (C=O) groups is 1. The van der Waals surface area contributed by atoms with Crippen molar-refractivity contribution in [3.8, 4) is 17.2 Å². The lowest BCUT2D eigenvalue weighted by atomic mass is 10.2. The van der Waals surface area contributed by atoms with Gasteiger partial charge in [0.15, 0.2) is 11.5 Å². The highest BCUT2D eigenvalue weighted by molar-refractivity contribution is 9.11. The van der Waals surface area contributed by atoms with Gasteiger partial charge in [-0.25, -0.2) is 5.43 Å². The lowest BCUT2D eigenvalue weighted by Crippen LogP contribution is -2.17. The first-order valence-electron chi connectivity index (χ1n) is 6.69. The van der Waals surface area contributed by atoms with E-state index in [9.17, 15) is 9.90 Å². The van der Waals surface area contributed by atoms with Crippen molar-refractivity contribution < 1.29 is 19.4 Å². The second kappa shape index (κ2) is 8.16. The van der Waals surface area contributed by atoms with Gasteiger partial charge in [0.2, 0.25) is 0 Å². The first-order chi connectivity index (χ1) is 11.5. The summed E-state index contributed by atoms with van der Waals surface area (Å²) in [4.78, 5) is 12.1. The Morgan fingerprint density at radius 1 is 1.17 bits per heavy atom. The first-order valence-corrected chi connectivity index (χ1v) is 8.28. The fraction of sp³-hybridized carbons (Fsp3) is 0.125. The zero-order valence-electron chi connectivity index (χ0n) is 12.8. The van der Waals surface area contributed by atoms with E-state index in [0.717, 1.165) is 4.47 Å². The molecule has 0 heterocycles. The third kappa shape index (κ3) is 4.27. The van der Waals surface area contributed by atoms with Crippen LogP contribution in [0.2, 0.25) is 0 Å². The number of aromatic hydroxyl groups is 1. The van der Waals surface area contributed by atoms with E-state index < -0.39 is 5.91 Å². The number of amides is 1. The van der Waals surface area contributed by atoms with Gasteiger partial charge in [-0.05, 0) is 46.3 Å². The van der Waals surface area contributed by atoms with Gasteiger partial charge in [0, 0.05) is 15.6 Å². The molecule has 8 heteroatoms. The summed E-state index contributed by atoms with van der Waals surface area (Å²) in [5.41, 5.74) is 3.21. The number of ether oxygens (including phenoxy) is 2. The zero-order chi connectivity index (χ0) is 17.7. The van der Waals surface area contributed by atoms with Crippen molar-refractivity contribution in [3.63, 3.8) is 0 Å². The molecule has 0 radical (unpaired) electrons. The fourth-order valence-corrected chi connectivity index (χ4v) is 3.15. The summed E-state index contributed by atoms with van der Waals surface area (Å²) in [6.07, 6.45) is 1.35. The Labute approximate surface area is 155 Å². The van der Waals surface area contributed by atoms with Gasteiger partial charge in [-0.3, -0.25) is 4.79 Å². The molecular weight excluding hydrogens is 444 g/mol. The van der Waals surface area contributed by atoms with E-state index in [0.29, 0.717) is 27.1 Å². The van der Waals surface area contributed by atoms with Crippen LogP contribution in [0, 0.1) is 0 Å². The van der Waals surface area contributed by atoms with Gasteiger partial charge in [-0.15, -0.1) is 0 Å². The third-order valence-electron chi connectivity index (χ3n) is 3.07. The number of phenolic OH excluding ortho intramolecular Hbond substituents is 1. The predicted octanol–water partition coefficient (Wildman–Crippen LogP) is 3.70. The monoisotopic (exact) mass is 456 g/mol. The second-order valence-corrected chi connectivity index (χ2v) is 6.36. The maximum absolute atomic E-state index is 12.1. The Morgan fingerprint density at radius 3 is 2.54 bits per heavy atom. The molecule has 0 bridgehead atoms. The molecule has 0 saturated heterocycles. The number of methoxy groups -OCH3 is 2. The Hall–Kier alpha value is -2.06. The highest BCUT2D eigenvalue weighted by atomic mass is 79.9. The van der Waals surface area contributed by atoms with Gasteiger partial charge in [0.25, 0.3) is 5.91 Å². The zero-order valence-corrected chi connectivity index (χ0v) is 16.0. The summed E-state index contributed by atoms with van der Waals surface area (Å²) in [6, 6.07) is 8.16. The Morgan fingerprint density at radius 2 is 1.88 bits per heavy atom. The molecule has 2 rings (SSSR count). The summed E-state index contributed by atoms with van der Waals surface area (Å²) in [7, 11) is 3.01. The summed E-state index contributed by atoms with van der Waals surface area (Å²) in [5.74, 6) is 0.590. The van der Waals surface area contributed by atoms with Crippen molar-refractivity contribution in [1.29, 1.82) is 0 Å². The Balaban J connectivity index is 2.13. The van der Waals surface area contributed by atoms with Crippen molar-refractivity contribution in [3.05, 3.63) is 50.4 Å². The topological polar surface area (TPSA) is 80.2 Å². The molecule has 0 aliphatic carbocycles. The number of carbonyl (C=O) groups excluding carboxylic acids is 1. The first kappa shape index (κ1) is 18.3. The molecule has 1 amide bonds. The SMILES string of the molecule is COc1ccc(C(=O)N/N=C/c2cc(Br)cc(Br)c2O)cc1OC. The molecule has 24 heavy (non-hydrogen) atoms. The van der Waals surface area contributed by atoms with Crippen molar-refractivity contribution in [1.82, 2.24) is 5.43 Å². The number of hydrogen-bond donors (Lipinski definition) is 2. The molecule has 0 aliphatic rings. The molecule has 0 unspecified atom stereocenters. The van der Waals surface area contributed by atoms with Crippen LogP contribution in [-0.4, -0.2) is 31.4 Å². The molecule has 0 aliphatic heterocycles. The quantitative estimate of drug-likeness (QED) is 0.530. The average Bonchev–Trinajstić information content (AvgIpc) is 2.58. The molecule has 0 aromatic heterocycles. The van der Waals surface area contributed by atoms with Crippen molar-refractivity contribution in [2.45, 2.75) is 0 Å². The number of halogens is 2. The molecule has 0 atom stereocenters. The number of hydrazone groups is 1. The highest BCUT2D eigenvalue weighted by Gasteiger charge is 2.10. The minimum absolute atomic E-state index is 0.0299. The van der Waals surface area contributed by atoms with Crippen LogP contribution < -0.4 is 14.9 Å². The van der Waals surface area contributed by atoms with E-state index >= 15 is 0 Å². The number of hydrogen-bond acceptors (Lipinski definition) is 5. The Bertz CT molecular complexity index is 794. The van der Waals surface area contributed by atoms with E-state index in [2.05, 4.69) is 42.4 Å². The number of nitrogens with zero attached hydrogens (tertiary/aromatic N) is 1. The summed E-state index contributed by atoms with van der Waals surface area (Å²) in [6.45, 7) is 0. The molecule has 2 N–H and O–H groups in total. The molecule has 6 nitrogen and oxygen atoms in total. The van der Waals surface area contributed by atoms with Crippen molar-refractivity contribution >= 4 is 44.0 Å². The van der Waals surface area contributed by atoms with Crippen molar-refractivity contribution in [2.75, 3.05) is 14.2 Å². The lowest BCUT2D eigenvalue weighted by molar-refractivity contribution is 0.0954. The number of rotatable bonds is 5.